The third-order valence-electron chi connectivity index (χ3n) is 6.16. The zero-order valence-corrected chi connectivity index (χ0v) is 27.0. The molecule has 0 saturated carbocycles. The van der Waals surface area contributed by atoms with Crippen molar-refractivity contribution in [3.05, 3.63) is 57.6 Å². The van der Waals surface area contributed by atoms with Gasteiger partial charge in [-0.25, -0.2) is 9.05 Å². The molecule has 0 N–H and O–H groups in total. The molecule has 0 radical (unpaired) electrons. The fourth-order valence-corrected chi connectivity index (χ4v) is 5.60. The molecule has 2 atom stereocenters. The van der Waals surface area contributed by atoms with Crippen LogP contribution in [-0.4, -0.2) is 0 Å². The van der Waals surface area contributed by atoms with Crippen LogP contribution in [0.25, 0.3) is 0 Å². The van der Waals surface area contributed by atoms with E-state index in [4.69, 9.17) is 13.4 Å². The van der Waals surface area contributed by atoms with E-state index in [0.717, 1.165) is 33.4 Å². The SMILES string of the molecule is Cc1cc(C(C)(C)C)c(O[P+](=O)O[P+](=O)Oc2c(C(C)(C)C)cc(C)cc2C(C)(C)C)c(C(C)(C)C)c1. The van der Waals surface area contributed by atoms with E-state index in [0.29, 0.717) is 11.5 Å². The van der Waals surface area contributed by atoms with E-state index >= 15 is 0 Å². The van der Waals surface area contributed by atoms with E-state index in [-0.39, 0.29) is 21.7 Å². The first-order valence-corrected chi connectivity index (χ1v) is 15.0. The molecule has 204 valence electrons. The summed E-state index contributed by atoms with van der Waals surface area (Å²) in [6.07, 6.45) is 0. The molecule has 0 saturated heterocycles. The Hall–Kier alpha value is -1.80. The summed E-state index contributed by atoms with van der Waals surface area (Å²) in [5, 5.41) is 0. The van der Waals surface area contributed by atoms with Crippen molar-refractivity contribution < 1.29 is 22.5 Å². The van der Waals surface area contributed by atoms with E-state index < -0.39 is 16.5 Å². The lowest BCUT2D eigenvalue weighted by Crippen LogP contribution is -2.19. The first kappa shape index (κ1) is 31.4. The third kappa shape index (κ3) is 8.09. The highest BCUT2D eigenvalue weighted by Gasteiger charge is 2.46. The lowest BCUT2D eigenvalue weighted by Gasteiger charge is -2.27. The molecule has 7 heteroatoms. The van der Waals surface area contributed by atoms with Gasteiger partial charge in [-0.3, -0.25) is 0 Å². The van der Waals surface area contributed by atoms with E-state index in [9.17, 15) is 9.13 Å². The highest BCUT2D eigenvalue weighted by atomic mass is 31.2. The summed E-state index contributed by atoms with van der Waals surface area (Å²) in [7, 11) is -5.54. The first-order chi connectivity index (χ1) is 16.5. The van der Waals surface area contributed by atoms with Crippen molar-refractivity contribution in [2.75, 3.05) is 0 Å². The largest absolute Gasteiger partial charge is 0.801 e. The summed E-state index contributed by atoms with van der Waals surface area (Å²) in [5.41, 5.74) is 4.82. The van der Waals surface area contributed by atoms with Crippen molar-refractivity contribution in [3.8, 4) is 11.5 Å². The minimum Gasteiger partial charge on any atom is -0.226 e. The Labute approximate surface area is 226 Å². The molecule has 2 unspecified atom stereocenters. The number of rotatable bonds is 6. The van der Waals surface area contributed by atoms with Crippen molar-refractivity contribution in [3.63, 3.8) is 0 Å². The van der Waals surface area contributed by atoms with Gasteiger partial charge in [0.2, 0.25) is 0 Å². The molecule has 0 amide bonds. The van der Waals surface area contributed by atoms with E-state index in [2.05, 4.69) is 83.1 Å². The van der Waals surface area contributed by atoms with Crippen LogP contribution in [0.4, 0.5) is 0 Å². The normalized spacial score (nSPS) is 13.9. The van der Waals surface area contributed by atoms with Gasteiger partial charge in [-0.15, -0.1) is 0 Å². The van der Waals surface area contributed by atoms with Crippen LogP contribution < -0.4 is 9.05 Å². The van der Waals surface area contributed by atoms with Crippen LogP contribution in [0.5, 0.6) is 11.5 Å². The van der Waals surface area contributed by atoms with Crippen molar-refractivity contribution in [1.29, 1.82) is 0 Å². The van der Waals surface area contributed by atoms with Crippen molar-refractivity contribution in [2.24, 2.45) is 0 Å². The molecule has 0 aliphatic carbocycles. The third-order valence-corrected chi connectivity index (χ3v) is 7.89. The highest BCUT2D eigenvalue weighted by Crippen LogP contribution is 2.50. The lowest BCUT2D eigenvalue weighted by atomic mass is 9.78. The zero-order chi connectivity index (χ0) is 28.7. The minimum atomic E-state index is -2.77. The monoisotopic (exact) mass is 548 g/mol. The summed E-state index contributed by atoms with van der Waals surface area (Å²) in [6, 6.07) is 8.17. The van der Waals surface area contributed by atoms with Crippen LogP contribution in [0.3, 0.4) is 0 Å². The van der Waals surface area contributed by atoms with Crippen molar-refractivity contribution in [2.45, 2.75) is 119 Å². The predicted octanol–water partition coefficient (Wildman–Crippen LogP) is 10.3. The quantitative estimate of drug-likeness (QED) is 0.336. The smallest absolute Gasteiger partial charge is 0.226 e. The van der Waals surface area contributed by atoms with Gasteiger partial charge < -0.3 is 0 Å². The van der Waals surface area contributed by atoms with Gasteiger partial charge in [0.05, 0.1) is 0 Å². The molecule has 0 fully saturated rings. The molecule has 5 nitrogen and oxygen atoms in total. The Morgan fingerprint density at radius 3 is 0.892 bits per heavy atom. The number of aryl methyl sites for hydroxylation is 2. The summed E-state index contributed by atoms with van der Waals surface area (Å²) in [5.74, 6) is 1.02. The lowest BCUT2D eigenvalue weighted by molar-refractivity contribution is 0.366. The molecule has 2 aromatic rings. The molecule has 0 spiro atoms. The molecule has 37 heavy (non-hydrogen) atoms. The predicted molar refractivity (Wildman–Crippen MR) is 155 cm³/mol. The molecule has 0 heterocycles. The maximum absolute atomic E-state index is 13.1. The van der Waals surface area contributed by atoms with Gasteiger partial charge in [-0.05, 0) is 35.5 Å². The van der Waals surface area contributed by atoms with E-state index in [1.165, 1.54) is 0 Å². The van der Waals surface area contributed by atoms with Gasteiger partial charge in [-0.1, -0.05) is 118 Å². The Kier molecular flexibility index (Phi) is 9.13. The Bertz CT molecular complexity index is 1020. The average Bonchev–Trinajstić information content (AvgIpc) is 2.66. The summed E-state index contributed by atoms with van der Waals surface area (Å²) in [6.45, 7) is 29.1. The molecular weight excluding hydrogens is 502 g/mol. The Balaban J connectivity index is 2.45. The number of benzene rings is 2. The van der Waals surface area contributed by atoms with Gasteiger partial charge in [0.15, 0.2) is 15.8 Å². The molecule has 2 rings (SSSR count). The summed E-state index contributed by atoms with van der Waals surface area (Å²) >= 11 is 0. The Morgan fingerprint density at radius 2 is 0.703 bits per heavy atom. The van der Waals surface area contributed by atoms with E-state index in [1.807, 2.05) is 38.1 Å². The fourth-order valence-electron chi connectivity index (χ4n) is 4.21. The zero-order valence-electron chi connectivity index (χ0n) is 25.2. The second-order valence-electron chi connectivity index (χ2n) is 14.1. The molecule has 0 aromatic heterocycles. The van der Waals surface area contributed by atoms with E-state index in [1.54, 1.807) is 0 Å². The second-order valence-corrected chi connectivity index (χ2v) is 16.0. The molecule has 2 aromatic carbocycles. The summed E-state index contributed by atoms with van der Waals surface area (Å²) in [4.78, 5) is 0. The summed E-state index contributed by atoms with van der Waals surface area (Å²) < 4.78 is 43.5. The highest BCUT2D eigenvalue weighted by molar-refractivity contribution is 7.48. The number of hydrogen-bond donors (Lipinski definition) is 0. The van der Waals surface area contributed by atoms with Crippen LogP contribution >= 0.6 is 16.5 Å². The maximum Gasteiger partial charge on any atom is 0.801 e. The van der Waals surface area contributed by atoms with Gasteiger partial charge in [0, 0.05) is 31.4 Å². The maximum atomic E-state index is 13.1. The van der Waals surface area contributed by atoms with Crippen molar-refractivity contribution >= 4 is 16.5 Å². The number of hydrogen-bond acceptors (Lipinski definition) is 5. The molecule has 0 bridgehead atoms. The van der Waals surface area contributed by atoms with Crippen LogP contribution in [-0.2, 0) is 35.1 Å². The van der Waals surface area contributed by atoms with Crippen molar-refractivity contribution in [1.82, 2.24) is 0 Å². The van der Waals surface area contributed by atoms with Crippen LogP contribution in [0.15, 0.2) is 24.3 Å². The molecular formula is C30H46O5P2+2. The van der Waals surface area contributed by atoms with Gasteiger partial charge in [-0.2, -0.15) is 0 Å². The topological polar surface area (TPSA) is 61.8 Å². The molecule has 0 aliphatic heterocycles. The average molecular weight is 549 g/mol. The van der Waals surface area contributed by atoms with Crippen LogP contribution in [0.1, 0.15) is 116 Å². The van der Waals surface area contributed by atoms with Gasteiger partial charge in [0.1, 0.15) is 0 Å². The second kappa shape index (κ2) is 10.8. The fraction of sp³-hybridized carbons (Fsp3) is 0.600. The van der Waals surface area contributed by atoms with Crippen LogP contribution in [0, 0.1) is 13.8 Å². The van der Waals surface area contributed by atoms with Crippen LogP contribution in [0.2, 0.25) is 0 Å². The first-order valence-electron chi connectivity index (χ1n) is 12.8. The Morgan fingerprint density at radius 1 is 0.486 bits per heavy atom. The van der Waals surface area contributed by atoms with Gasteiger partial charge in [0.25, 0.3) is 0 Å². The standard InChI is InChI=1S/C30H46O5P2/c1-19-15-21(27(3,4)5)25(22(16-19)28(6,7)8)33-36(31)35-37(32)34-26-23(29(9,10)11)17-20(2)18-24(26)30(12,13)14/h15-18H,1-14H3/q+2. The molecule has 0 aliphatic rings. The van der Waals surface area contributed by atoms with Gasteiger partial charge >= 0.3 is 16.5 Å². The minimum absolute atomic E-state index is 0.263.